The number of fused-ring (bicyclic) bond motifs is 1. The number of H-pyrrole nitrogens is 1. The summed E-state index contributed by atoms with van der Waals surface area (Å²) in [6, 6.07) is 6.07. The lowest BCUT2D eigenvalue weighted by Gasteiger charge is -2.17. The van der Waals surface area contributed by atoms with E-state index in [1.165, 1.54) is 4.57 Å². The summed E-state index contributed by atoms with van der Waals surface area (Å²) in [5.74, 6) is 1.06. The number of amides is 1. The van der Waals surface area contributed by atoms with Gasteiger partial charge in [0.15, 0.2) is 5.82 Å². The number of nitrogens with one attached hydrogen (secondary N) is 2. The van der Waals surface area contributed by atoms with Gasteiger partial charge in [-0.2, -0.15) is 5.10 Å². The molecule has 2 aromatic heterocycles. The maximum Gasteiger partial charge on any atom is 0.405 e. The van der Waals surface area contributed by atoms with Crippen LogP contribution in [-0.2, 0) is 0 Å². The van der Waals surface area contributed by atoms with Crippen molar-refractivity contribution in [1.82, 2.24) is 25.1 Å². The zero-order chi connectivity index (χ0) is 18.4. The van der Waals surface area contributed by atoms with Crippen LogP contribution in [0.3, 0.4) is 0 Å². The number of aromatic amines is 1. The fourth-order valence-corrected chi connectivity index (χ4v) is 3.26. The van der Waals surface area contributed by atoms with Crippen LogP contribution in [0.5, 0.6) is 0 Å². The summed E-state index contributed by atoms with van der Waals surface area (Å²) >= 11 is 6.21. The summed E-state index contributed by atoms with van der Waals surface area (Å²) in [4.78, 5) is 28.7. The van der Waals surface area contributed by atoms with Crippen molar-refractivity contribution in [2.75, 3.05) is 0 Å². The number of nitrogens with zero attached hydrogens (tertiary/aromatic N) is 3. The van der Waals surface area contributed by atoms with Gasteiger partial charge in [-0.15, -0.1) is 0 Å². The molecule has 1 aromatic carbocycles. The van der Waals surface area contributed by atoms with Gasteiger partial charge in [-0.1, -0.05) is 17.7 Å². The average Bonchev–Trinajstić information content (AvgIpc) is 3.32. The fraction of sp³-hybridized carbons (Fsp3) is 0.294. The van der Waals surface area contributed by atoms with E-state index >= 15 is 0 Å². The second kappa shape index (κ2) is 6.14. The zero-order valence-corrected chi connectivity index (χ0v) is 14.6. The summed E-state index contributed by atoms with van der Waals surface area (Å²) in [7, 11) is 0. The molecule has 1 fully saturated rings. The third-order valence-electron chi connectivity index (χ3n) is 4.43. The van der Waals surface area contributed by atoms with Crippen molar-refractivity contribution < 1.29 is 9.90 Å². The molecule has 0 spiro atoms. The van der Waals surface area contributed by atoms with Crippen LogP contribution < -0.4 is 10.9 Å². The third kappa shape index (κ3) is 2.82. The SMILES string of the molecule is CC(NC(=O)O)c1nc2cccc(Cl)c2c(=O)n1-c1cc(C2CC2)[nH]n1. The fourth-order valence-electron chi connectivity index (χ4n) is 3.01. The van der Waals surface area contributed by atoms with E-state index in [9.17, 15) is 9.59 Å². The van der Waals surface area contributed by atoms with E-state index in [-0.39, 0.29) is 21.8 Å². The van der Waals surface area contributed by atoms with Gasteiger partial charge in [0, 0.05) is 17.7 Å². The number of carboxylic acid groups (broad SMARTS) is 1. The lowest BCUT2D eigenvalue weighted by atomic mass is 10.2. The highest BCUT2D eigenvalue weighted by molar-refractivity contribution is 6.35. The minimum atomic E-state index is -1.20. The Morgan fingerprint density at radius 1 is 1.46 bits per heavy atom. The number of aromatic nitrogens is 4. The number of hydrogen-bond donors (Lipinski definition) is 3. The Hall–Kier alpha value is -2.87. The number of carbonyl (C=O) groups is 1. The Kier molecular flexibility index (Phi) is 3.91. The van der Waals surface area contributed by atoms with Gasteiger partial charge in [0.1, 0.15) is 5.82 Å². The van der Waals surface area contributed by atoms with E-state index in [0.717, 1.165) is 18.5 Å². The smallest absolute Gasteiger partial charge is 0.405 e. The highest BCUT2D eigenvalue weighted by Gasteiger charge is 2.27. The minimum Gasteiger partial charge on any atom is -0.465 e. The van der Waals surface area contributed by atoms with Crippen LogP contribution in [0.1, 0.15) is 43.2 Å². The standard InChI is InChI=1S/C17H16ClN5O3/c1-8(19-17(25)26)15-20-11-4-2-3-10(18)14(11)16(24)23(15)13-7-12(21-22-13)9-5-6-9/h2-4,7-9,19H,5-6H2,1H3,(H,21,22)(H,25,26). The Labute approximate surface area is 152 Å². The molecule has 26 heavy (non-hydrogen) atoms. The van der Waals surface area contributed by atoms with Gasteiger partial charge < -0.3 is 10.4 Å². The molecular formula is C17H16ClN5O3. The molecule has 0 saturated heterocycles. The molecule has 8 nitrogen and oxygen atoms in total. The lowest BCUT2D eigenvalue weighted by molar-refractivity contribution is 0.190. The first-order valence-electron chi connectivity index (χ1n) is 8.22. The predicted octanol–water partition coefficient (Wildman–Crippen LogP) is 2.97. The van der Waals surface area contributed by atoms with Crippen LogP contribution in [0, 0.1) is 0 Å². The second-order valence-electron chi connectivity index (χ2n) is 6.37. The first kappa shape index (κ1) is 16.6. The van der Waals surface area contributed by atoms with Gasteiger partial charge in [0.2, 0.25) is 0 Å². The van der Waals surface area contributed by atoms with Crippen molar-refractivity contribution in [1.29, 1.82) is 0 Å². The van der Waals surface area contributed by atoms with E-state index < -0.39 is 12.1 Å². The van der Waals surface area contributed by atoms with Crippen molar-refractivity contribution >= 4 is 28.6 Å². The largest absolute Gasteiger partial charge is 0.465 e. The second-order valence-corrected chi connectivity index (χ2v) is 6.78. The maximum absolute atomic E-state index is 13.2. The maximum atomic E-state index is 13.2. The first-order valence-corrected chi connectivity index (χ1v) is 8.60. The monoisotopic (exact) mass is 373 g/mol. The number of halogens is 1. The Morgan fingerprint density at radius 3 is 2.92 bits per heavy atom. The lowest BCUT2D eigenvalue weighted by Crippen LogP contribution is -2.32. The van der Waals surface area contributed by atoms with Gasteiger partial charge in [-0.05, 0) is 31.9 Å². The van der Waals surface area contributed by atoms with E-state index in [1.807, 2.05) is 0 Å². The van der Waals surface area contributed by atoms with E-state index in [1.54, 1.807) is 31.2 Å². The molecule has 1 aliphatic carbocycles. The topological polar surface area (TPSA) is 113 Å². The molecule has 1 saturated carbocycles. The Morgan fingerprint density at radius 2 is 2.23 bits per heavy atom. The highest BCUT2D eigenvalue weighted by atomic mass is 35.5. The van der Waals surface area contributed by atoms with E-state index in [4.69, 9.17) is 16.7 Å². The quantitative estimate of drug-likeness (QED) is 0.650. The summed E-state index contributed by atoms with van der Waals surface area (Å²) in [6.07, 6.45) is 0.967. The molecule has 9 heteroatoms. The molecule has 1 aliphatic rings. The van der Waals surface area contributed by atoms with E-state index in [0.29, 0.717) is 17.3 Å². The zero-order valence-electron chi connectivity index (χ0n) is 13.9. The van der Waals surface area contributed by atoms with Crippen LogP contribution in [-0.4, -0.2) is 30.9 Å². The van der Waals surface area contributed by atoms with Crippen molar-refractivity contribution in [3.63, 3.8) is 0 Å². The van der Waals surface area contributed by atoms with Crippen LogP contribution in [0.25, 0.3) is 16.7 Å². The normalized spacial score (nSPS) is 15.2. The third-order valence-corrected chi connectivity index (χ3v) is 4.75. The number of hydrogen-bond acceptors (Lipinski definition) is 4. The molecule has 0 aliphatic heterocycles. The van der Waals surface area contributed by atoms with Crippen molar-refractivity contribution in [3.05, 3.63) is 51.2 Å². The van der Waals surface area contributed by atoms with Crippen LogP contribution in [0.2, 0.25) is 5.02 Å². The van der Waals surface area contributed by atoms with Crippen molar-refractivity contribution in [2.24, 2.45) is 0 Å². The summed E-state index contributed by atoms with van der Waals surface area (Å²) in [5, 5.41) is 19.2. The van der Waals surface area contributed by atoms with Gasteiger partial charge in [0.25, 0.3) is 5.56 Å². The van der Waals surface area contributed by atoms with Gasteiger partial charge in [-0.25, -0.2) is 14.3 Å². The number of rotatable bonds is 4. The van der Waals surface area contributed by atoms with Gasteiger partial charge in [-0.3, -0.25) is 9.89 Å². The van der Waals surface area contributed by atoms with E-state index in [2.05, 4.69) is 20.5 Å². The molecule has 134 valence electrons. The summed E-state index contributed by atoms with van der Waals surface area (Å²) in [5.41, 5.74) is 0.977. The molecule has 0 bridgehead atoms. The van der Waals surface area contributed by atoms with Gasteiger partial charge >= 0.3 is 6.09 Å². The molecule has 4 rings (SSSR count). The first-order chi connectivity index (χ1) is 12.5. The van der Waals surface area contributed by atoms with Crippen LogP contribution in [0.4, 0.5) is 4.79 Å². The molecular weight excluding hydrogens is 358 g/mol. The van der Waals surface area contributed by atoms with Gasteiger partial charge in [0.05, 0.1) is 22.0 Å². The molecule has 3 N–H and O–H groups in total. The number of benzene rings is 1. The molecule has 2 heterocycles. The summed E-state index contributed by atoms with van der Waals surface area (Å²) in [6.45, 7) is 1.62. The minimum absolute atomic E-state index is 0.251. The molecule has 1 amide bonds. The average molecular weight is 374 g/mol. The molecule has 0 radical (unpaired) electrons. The predicted molar refractivity (Wildman–Crippen MR) is 96.0 cm³/mol. The summed E-state index contributed by atoms with van der Waals surface area (Å²) < 4.78 is 1.32. The Bertz CT molecular complexity index is 1070. The highest BCUT2D eigenvalue weighted by Crippen LogP contribution is 2.39. The van der Waals surface area contributed by atoms with Crippen molar-refractivity contribution in [2.45, 2.75) is 31.7 Å². The van der Waals surface area contributed by atoms with Crippen LogP contribution in [0.15, 0.2) is 29.1 Å². The Balaban J connectivity index is 1.97. The van der Waals surface area contributed by atoms with Crippen LogP contribution >= 0.6 is 11.6 Å². The molecule has 1 unspecified atom stereocenters. The molecule has 1 atom stereocenters. The molecule has 3 aromatic rings. The van der Waals surface area contributed by atoms with Crippen molar-refractivity contribution in [3.8, 4) is 5.82 Å².